The highest BCUT2D eigenvalue weighted by atomic mass is 16.1. The van der Waals surface area contributed by atoms with Gasteiger partial charge in [0.05, 0.1) is 6.04 Å². The van der Waals surface area contributed by atoms with Crippen LogP contribution >= 0.6 is 0 Å². The molecular formula is C17H18N2O. The lowest BCUT2D eigenvalue weighted by Crippen LogP contribution is -2.34. The summed E-state index contributed by atoms with van der Waals surface area (Å²) >= 11 is 0. The monoisotopic (exact) mass is 266 g/mol. The molecule has 102 valence electrons. The first-order valence-electron chi connectivity index (χ1n) is 6.86. The van der Waals surface area contributed by atoms with E-state index in [1.165, 1.54) is 16.3 Å². The largest absolute Gasteiger partial charge is 0.355 e. The van der Waals surface area contributed by atoms with Crippen LogP contribution in [0.1, 0.15) is 12.5 Å². The number of Topliss-reactive ketones (excluding diaryl/α,β-unsaturated/α-hetero) is 1. The van der Waals surface area contributed by atoms with Gasteiger partial charge in [0.15, 0.2) is 0 Å². The molecule has 1 unspecified atom stereocenters. The fourth-order valence-electron chi connectivity index (χ4n) is 2.71. The molecule has 3 heteroatoms. The molecule has 3 aromatic rings. The van der Waals surface area contributed by atoms with Crippen LogP contribution in [-0.4, -0.2) is 23.9 Å². The van der Waals surface area contributed by atoms with Crippen molar-refractivity contribution in [1.29, 1.82) is 0 Å². The zero-order valence-corrected chi connectivity index (χ0v) is 11.7. The maximum Gasteiger partial charge on any atom is 0.147 e. The Bertz CT molecular complexity index is 773. The molecule has 1 heterocycles. The third-order valence-corrected chi connectivity index (χ3v) is 3.85. The maximum atomic E-state index is 11.5. The minimum atomic E-state index is -0.113. The van der Waals surface area contributed by atoms with E-state index in [2.05, 4.69) is 40.6 Å². The summed E-state index contributed by atoms with van der Waals surface area (Å²) in [6.07, 6.45) is 0.723. The van der Waals surface area contributed by atoms with E-state index >= 15 is 0 Å². The van der Waals surface area contributed by atoms with Gasteiger partial charge in [-0.05, 0) is 44.2 Å². The molecule has 0 radical (unpaired) electrons. The van der Waals surface area contributed by atoms with E-state index < -0.39 is 0 Å². The molecule has 1 atom stereocenters. The van der Waals surface area contributed by atoms with Gasteiger partial charge in [-0.3, -0.25) is 4.79 Å². The first-order chi connectivity index (χ1) is 9.69. The van der Waals surface area contributed by atoms with Crippen molar-refractivity contribution in [1.82, 2.24) is 10.3 Å². The number of rotatable bonds is 4. The topological polar surface area (TPSA) is 44.9 Å². The first kappa shape index (κ1) is 12.9. The summed E-state index contributed by atoms with van der Waals surface area (Å²) < 4.78 is 0. The fourth-order valence-corrected chi connectivity index (χ4v) is 2.71. The number of ketones is 1. The number of fused-ring (bicyclic) bond motifs is 3. The molecule has 0 aliphatic rings. The van der Waals surface area contributed by atoms with Crippen molar-refractivity contribution in [2.45, 2.75) is 19.4 Å². The van der Waals surface area contributed by atoms with Crippen LogP contribution in [0.2, 0.25) is 0 Å². The van der Waals surface area contributed by atoms with Gasteiger partial charge < -0.3 is 10.3 Å². The van der Waals surface area contributed by atoms with Crippen LogP contribution in [0.3, 0.4) is 0 Å². The molecule has 0 fully saturated rings. The quantitative estimate of drug-likeness (QED) is 0.762. The molecule has 3 nitrogen and oxygen atoms in total. The number of aromatic nitrogens is 1. The highest BCUT2D eigenvalue weighted by molar-refractivity contribution is 6.07. The molecule has 0 saturated carbocycles. The number of carbonyl (C=O) groups is 1. The van der Waals surface area contributed by atoms with E-state index in [-0.39, 0.29) is 11.8 Å². The van der Waals surface area contributed by atoms with Crippen LogP contribution in [-0.2, 0) is 11.2 Å². The van der Waals surface area contributed by atoms with Crippen LogP contribution in [0, 0.1) is 0 Å². The summed E-state index contributed by atoms with van der Waals surface area (Å²) in [6, 6.07) is 14.5. The Hall–Kier alpha value is -2.13. The van der Waals surface area contributed by atoms with Crippen molar-refractivity contribution in [2.75, 3.05) is 7.05 Å². The van der Waals surface area contributed by atoms with E-state index in [1.54, 1.807) is 6.92 Å². The molecule has 0 aliphatic carbocycles. The Labute approximate surface area is 118 Å². The molecule has 0 spiro atoms. The van der Waals surface area contributed by atoms with Crippen LogP contribution in [0.25, 0.3) is 21.8 Å². The molecule has 0 saturated heterocycles. The molecule has 0 amide bonds. The molecule has 2 aromatic carbocycles. The van der Waals surface area contributed by atoms with E-state index in [0.717, 1.165) is 17.5 Å². The minimum Gasteiger partial charge on any atom is -0.355 e. The van der Waals surface area contributed by atoms with Crippen LogP contribution < -0.4 is 5.32 Å². The van der Waals surface area contributed by atoms with Gasteiger partial charge in [-0.1, -0.05) is 24.3 Å². The summed E-state index contributed by atoms with van der Waals surface area (Å²) in [4.78, 5) is 14.9. The lowest BCUT2D eigenvalue weighted by molar-refractivity contribution is -0.118. The molecular weight excluding hydrogens is 248 g/mol. The van der Waals surface area contributed by atoms with E-state index in [0.29, 0.717) is 0 Å². The van der Waals surface area contributed by atoms with E-state index in [4.69, 9.17) is 0 Å². The Morgan fingerprint density at radius 3 is 2.65 bits per heavy atom. The van der Waals surface area contributed by atoms with Crippen molar-refractivity contribution >= 4 is 27.6 Å². The molecule has 3 rings (SSSR count). The predicted molar refractivity (Wildman–Crippen MR) is 83.0 cm³/mol. The lowest BCUT2D eigenvalue weighted by atomic mass is 10.0. The molecule has 0 bridgehead atoms. The van der Waals surface area contributed by atoms with Crippen LogP contribution in [0.15, 0.2) is 42.5 Å². The summed E-state index contributed by atoms with van der Waals surface area (Å²) in [5, 5.41) is 5.52. The van der Waals surface area contributed by atoms with Gasteiger partial charge in [0.25, 0.3) is 0 Å². The average Bonchev–Trinajstić information content (AvgIpc) is 2.82. The van der Waals surface area contributed by atoms with Gasteiger partial charge in [0.1, 0.15) is 5.78 Å². The number of hydrogen-bond acceptors (Lipinski definition) is 2. The highest BCUT2D eigenvalue weighted by Crippen LogP contribution is 2.26. The minimum absolute atomic E-state index is 0.113. The normalized spacial score (nSPS) is 12.9. The Balaban J connectivity index is 2.05. The number of para-hydroxylation sites is 1. The number of likely N-dealkylation sites (N-methyl/N-ethyl adjacent to an activating group) is 1. The summed E-state index contributed by atoms with van der Waals surface area (Å²) in [5.41, 5.74) is 3.46. The number of aromatic amines is 1. The molecule has 2 N–H and O–H groups in total. The van der Waals surface area contributed by atoms with Gasteiger partial charge in [-0.2, -0.15) is 0 Å². The van der Waals surface area contributed by atoms with Gasteiger partial charge in [0.2, 0.25) is 0 Å². The third-order valence-electron chi connectivity index (χ3n) is 3.85. The number of hydrogen-bond donors (Lipinski definition) is 2. The zero-order valence-electron chi connectivity index (χ0n) is 11.7. The smallest absolute Gasteiger partial charge is 0.147 e. The standard InChI is InChI=1S/C17H18N2O/c1-11(20)17(18-2)10-12-7-8-16-14(9-12)13-5-3-4-6-15(13)19-16/h3-9,17-19H,10H2,1-2H3. The van der Waals surface area contributed by atoms with Crippen molar-refractivity contribution < 1.29 is 4.79 Å². The Morgan fingerprint density at radius 2 is 1.90 bits per heavy atom. The van der Waals surface area contributed by atoms with Gasteiger partial charge >= 0.3 is 0 Å². The lowest BCUT2D eigenvalue weighted by Gasteiger charge is -2.12. The van der Waals surface area contributed by atoms with Gasteiger partial charge in [-0.15, -0.1) is 0 Å². The second kappa shape index (κ2) is 5.10. The highest BCUT2D eigenvalue weighted by Gasteiger charge is 2.13. The summed E-state index contributed by atoms with van der Waals surface area (Å²) in [7, 11) is 1.83. The SMILES string of the molecule is CNC(Cc1ccc2[nH]c3ccccc3c2c1)C(C)=O. The van der Waals surface area contributed by atoms with Crippen molar-refractivity contribution in [3.8, 4) is 0 Å². The van der Waals surface area contributed by atoms with Gasteiger partial charge in [-0.25, -0.2) is 0 Å². The first-order valence-corrected chi connectivity index (χ1v) is 6.86. The van der Waals surface area contributed by atoms with Crippen molar-refractivity contribution in [2.24, 2.45) is 0 Å². The summed E-state index contributed by atoms with van der Waals surface area (Å²) in [6.45, 7) is 1.63. The number of H-pyrrole nitrogens is 1. The second-order valence-corrected chi connectivity index (χ2v) is 5.21. The van der Waals surface area contributed by atoms with Gasteiger partial charge in [0, 0.05) is 21.8 Å². The second-order valence-electron chi connectivity index (χ2n) is 5.21. The van der Waals surface area contributed by atoms with Crippen molar-refractivity contribution in [3.05, 3.63) is 48.0 Å². The van der Waals surface area contributed by atoms with E-state index in [9.17, 15) is 4.79 Å². The number of carbonyl (C=O) groups excluding carboxylic acids is 1. The maximum absolute atomic E-state index is 11.5. The molecule has 0 aliphatic heterocycles. The Kier molecular flexibility index (Phi) is 3.28. The average molecular weight is 266 g/mol. The van der Waals surface area contributed by atoms with Crippen LogP contribution in [0.5, 0.6) is 0 Å². The predicted octanol–water partition coefficient (Wildman–Crippen LogP) is 3.04. The summed E-state index contributed by atoms with van der Waals surface area (Å²) in [5.74, 6) is 0.173. The molecule has 1 aromatic heterocycles. The number of nitrogens with one attached hydrogen (secondary N) is 2. The zero-order chi connectivity index (χ0) is 14.1. The Morgan fingerprint density at radius 1 is 1.15 bits per heavy atom. The molecule has 20 heavy (non-hydrogen) atoms. The van der Waals surface area contributed by atoms with Crippen molar-refractivity contribution in [3.63, 3.8) is 0 Å². The third kappa shape index (κ3) is 2.21. The fraction of sp³-hybridized carbons (Fsp3) is 0.235. The van der Waals surface area contributed by atoms with E-state index in [1.807, 2.05) is 19.2 Å². The number of benzene rings is 2. The van der Waals surface area contributed by atoms with Crippen LogP contribution in [0.4, 0.5) is 0 Å².